The van der Waals surface area contributed by atoms with E-state index < -0.39 is 67.4 Å². The van der Waals surface area contributed by atoms with Crippen LogP contribution in [0.4, 0.5) is 0 Å². The van der Waals surface area contributed by atoms with Gasteiger partial charge in [-0.2, -0.15) is 0 Å². The highest BCUT2D eigenvalue weighted by atomic mass is 16.7. The number of carbonyl (C=O) groups excluding carboxylic acids is 2. The normalized spacial score (nSPS) is 19.8. The van der Waals surface area contributed by atoms with E-state index in [0.29, 0.717) is 19.3 Å². The van der Waals surface area contributed by atoms with Crippen molar-refractivity contribution in [3.63, 3.8) is 0 Å². The highest BCUT2D eigenvalue weighted by molar-refractivity contribution is 5.80. The van der Waals surface area contributed by atoms with Crippen molar-refractivity contribution >= 4 is 11.9 Å². The Balaban J connectivity index is 2.73. The molecule has 0 aromatic heterocycles. The number of esters is 1. The van der Waals surface area contributed by atoms with Gasteiger partial charge in [-0.15, -0.1) is 0 Å². The van der Waals surface area contributed by atoms with Gasteiger partial charge >= 0.3 is 5.97 Å². The quantitative estimate of drug-likeness (QED) is 0.0195. The highest BCUT2D eigenvalue weighted by Crippen LogP contribution is 2.26. The molecule has 1 aliphatic heterocycles. The van der Waals surface area contributed by atoms with Gasteiger partial charge in [0.1, 0.15) is 24.4 Å². The van der Waals surface area contributed by atoms with Crippen molar-refractivity contribution in [3.05, 3.63) is 109 Å². The van der Waals surface area contributed by atoms with Crippen LogP contribution < -0.4 is 5.32 Å². The third kappa shape index (κ3) is 41.1. The summed E-state index contributed by atoms with van der Waals surface area (Å²) < 4.78 is 17.5. The second kappa shape index (κ2) is 53.0. The van der Waals surface area contributed by atoms with Gasteiger partial charge in [0, 0.05) is 6.42 Å². The van der Waals surface area contributed by atoms with E-state index in [9.17, 15) is 35.1 Å². The minimum atomic E-state index is -1.65. The van der Waals surface area contributed by atoms with E-state index in [2.05, 4.69) is 111 Å². The number of aliphatic hydroxyl groups excluding tert-OH is 5. The molecule has 0 aliphatic carbocycles. The van der Waals surface area contributed by atoms with E-state index in [-0.39, 0.29) is 19.4 Å². The summed E-state index contributed by atoms with van der Waals surface area (Å²) in [6.07, 6.45) is 61.4. The number of carbonyl (C=O) groups is 2. The number of rotatable bonds is 50. The fourth-order valence-corrected chi connectivity index (χ4v) is 8.82. The van der Waals surface area contributed by atoms with Crippen LogP contribution in [-0.2, 0) is 23.8 Å². The topological polar surface area (TPSA) is 175 Å². The smallest absolute Gasteiger partial charge is 0.306 e. The van der Waals surface area contributed by atoms with Crippen molar-refractivity contribution in [2.24, 2.45) is 0 Å². The van der Waals surface area contributed by atoms with Crippen molar-refractivity contribution < 1.29 is 49.3 Å². The summed E-state index contributed by atoms with van der Waals surface area (Å²) in [5.41, 5.74) is 0. The molecule has 6 N–H and O–H groups in total. The molecule has 8 atom stereocenters. The molecule has 1 amide bonds. The van der Waals surface area contributed by atoms with E-state index in [1.807, 2.05) is 18.2 Å². The maximum Gasteiger partial charge on any atom is 0.306 e. The second-order valence-electron chi connectivity index (χ2n) is 20.7. The first-order chi connectivity index (χ1) is 37.7. The fourth-order valence-electron chi connectivity index (χ4n) is 8.82. The Morgan fingerprint density at radius 3 is 1.43 bits per heavy atom. The molecule has 0 aromatic rings. The molecule has 1 aliphatic rings. The molecule has 1 heterocycles. The van der Waals surface area contributed by atoms with Gasteiger partial charge in [0.15, 0.2) is 12.4 Å². The van der Waals surface area contributed by atoms with Gasteiger partial charge in [-0.25, -0.2) is 0 Å². The van der Waals surface area contributed by atoms with E-state index in [0.717, 1.165) is 89.9 Å². The third-order valence-corrected chi connectivity index (χ3v) is 13.7. The third-order valence-electron chi connectivity index (χ3n) is 13.7. The minimum Gasteiger partial charge on any atom is -0.454 e. The standard InChI is InChI=1S/C66H111NO10/c1-4-7-10-13-16-19-22-24-26-28-30-32-34-36-39-42-45-48-51-54-61(71)77-64-63(73)62(72)60(55-68)76-66(64)75-56-57(58(69)52-49-46-43-40-37-21-18-15-12-9-6-3)67-65(74)59(70)53-50-47-44-41-38-35-33-31-29-27-25-23-20-17-14-11-8-5-2/h7,10,16-17,19-20,24-27,30,32,36,39,45,48-49,52,57-60,62-64,66,68-70,72-73H,4-6,8-9,11-15,18,21-23,28-29,31,33-35,37-38,40-44,46-47,50-51,53-56H2,1-3H3,(H,67,74)/b10-7-,19-16-,20-17-,26-24-,27-25-,32-30-,39-36-,48-45-,52-49+. The fraction of sp³-hybridized carbons (Fsp3) is 0.697. The molecule has 77 heavy (non-hydrogen) atoms. The number of allylic oxidation sites excluding steroid dienone is 17. The second-order valence-corrected chi connectivity index (χ2v) is 20.7. The van der Waals surface area contributed by atoms with Crippen LogP contribution in [0.15, 0.2) is 109 Å². The van der Waals surface area contributed by atoms with Crippen molar-refractivity contribution in [2.75, 3.05) is 13.2 Å². The summed E-state index contributed by atoms with van der Waals surface area (Å²) in [5.74, 6) is -1.30. The van der Waals surface area contributed by atoms with Crippen LogP contribution in [0.3, 0.4) is 0 Å². The summed E-state index contributed by atoms with van der Waals surface area (Å²) in [6.45, 7) is 5.59. The first-order valence-electron chi connectivity index (χ1n) is 30.7. The molecule has 0 radical (unpaired) electrons. The van der Waals surface area contributed by atoms with E-state index in [4.69, 9.17) is 14.2 Å². The van der Waals surface area contributed by atoms with Gasteiger partial charge in [-0.1, -0.05) is 239 Å². The van der Waals surface area contributed by atoms with E-state index in [1.165, 1.54) is 89.9 Å². The number of ether oxygens (including phenoxy) is 3. The Kier molecular flexibility index (Phi) is 49.1. The first-order valence-corrected chi connectivity index (χ1v) is 30.7. The molecule has 0 aromatic carbocycles. The highest BCUT2D eigenvalue weighted by Gasteiger charge is 2.47. The maximum absolute atomic E-state index is 13.4. The lowest BCUT2D eigenvalue weighted by molar-refractivity contribution is -0.305. The van der Waals surface area contributed by atoms with Crippen LogP contribution >= 0.6 is 0 Å². The summed E-state index contributed by atoms with van der Waals surface area (Å²) in [7, 11) is 0. The van der Waals surface area contributed by atoms with Gasteiger partial charge in [0.05, 0.1) is 25.4 Å². The average molecular weight is 1080 g/mol. The van der Waals surface area contributed by atoms with Gasteiger partial charge in [0.2, 0.25) is 5.91 Å². The zero-order chi connectivity index (χ0) is 56.1. The molecule has 0 saturated carbocycles. The Bertz CT molecular complexity index is 1660. The van der Waals surface area contributed by atoms with Crippen LogP contribution in [0.1, 0.15) is 233 Å². The summed E-state index contributed by atoms with van der Waals surface area (Å²) in [5, 5.41) is 56.9. The van der Waals surface area contributed by atoms with Gasteiger partial charge in [-0.3, -0.25) is 9.59 Å². The zero-order valence-corrected chi connectivity index (χ0v) is 48.5. The lowest BCUT2D eigenvalue weighted by Crippen LogP contribution is -2.61. The van der Waals surface area contributed by atoms with Crippen LogP contribution in [0, 0.1) is 0 Å². The Morgan fingerprint density at radius 1 is 0.519 bits per heavy atom. The van der Waals surface area contributed by atoms with Gasteiger partial charge in [0.25, 0.3) is 0 Å². The predicted octanol–water partition coefficient (Wildman–Crippen LogP) is 14.5. The van der Waals surface area contributed by atoms with Crippen molar-refractivity contribution in [3.8, 4) is 0 Å². The maximum atomic E-state index is 13.4. The summed E-state index contributed by atoms with van der Waals surface area (Å²) in [6, 6.07) is -1.05. The number of aliphatic hydroxyl groups is 5. The molecule has 1 fully saturated rings. The number of hydrogen-bond acceptors (Lipinski definition) is 10. The van der Waals surface area contributed by atoms with Crippen LogP contribution in [0.5, 0.6) is 0 Å². The monoisotopic (exact) mass is 1080 g/mol. The lowest BCUT2D eigenvalue weighted by Gasteiger charge is -2.41. The molecular weight excluding hydrogens is 967 g/mol. The number of hydrogen-bond donors (Lipinski definition) is 6. The minimum absolute atomic E-state index is 0.00734. The van der Waals surface area contributed by atoms with Gasteiger partial charge in [-0.05, 0) is 96.3 Å². The van der Waals surface area contributed by atoms with Crippen molar-refractivity contribution in [2.45, 2.75) is 282 Å². The van der Waals surface area contributed by atoms with Gasteiger partial charge < -0.3 is 45.1 Å². The number of nitrogens with one attached hydrogen (secondary N) is 1. The molecule has 1 rings (SSSR count). The molecule has 0 spiro atoms. The summed E-state index contributed by atoms with van der Waals surface area (Å²) >= 11 is 0. The van der Waals surface area contributed by atoms with Crippen LogP contribution in [0.25, 0.3) is 0 Å². The Labute approximate surface area is 468 Å². The van der Waals surface area contributed by atoms with Crippen LogP contribution in [-0.4, -0.2) is 99.6 Å². The molecule has 440 valence electrons. The van der Waals surface area contributed by atoms with Crippen molar-refractivity contribution in [1.82, 2.24) is 5.32 Å². The largest absolute Gasteiger partial charge is 0.454 e. The van der Waals surface area contributed by atoms with Crippen molar-refractivity contribution in [1.29, 1.82) is 0 Å². The number of amides is 1. The summed E-state index contributed by atoms with van der Waals surface area (Å²) in [4.78, 5) is 26.5. The Morgan fingerprint density at radius 2 is 0.935 bits per heavy atom. The molecule has 8 unspecified atom stereocenters. The average Bonchev–Trinajstić information content (AvgIpc) is 3.43. The van der Waals surface area contributed by atoms with E-state index >= 15 is 0 Å². The first kappa shape index (κ1) is 71.3. The molecule has 11 nitrogen and oxygen atoms in total. The molecule has 1 saturated heterocycles. The molecule has 0 bridgehead atoms. The SMILES string of the molecule is CC/C=C\C/C=C\C/C=C\C/C=C\C/C=C\C/C=C\CCC(=O)OC1C(OCC(NC(=O)C(O)CCCCCCCCCC/C=C\C/C=C\CCCCC)C(O)/C=C/CCCCCCCCCCC)OC(CO)C(O)C1O. The predicted molar refractivity (Wildman–Crippen MR) is 319 cm³/mol. The lowest BCUT2D eigenvalue weighted by atomic mass is 9.99. The van der Waals surface area contributed by atoms with Crippen LogP contribution in [0.2, 0.25) is 0 Å². The molecular formula is C66H111NO10. The molecule has 11 heteroatoms. The zero-order valence-electron chi connectivity index (χ0n) is 48.5. The Hall–Kier alpha value is -3.68. The number of unbranched alkanes of at least 4 members (excludes halogenated alkanes) is 20. The van der Waals surface area contributed by atoms with E-state index in [1.54, 1.807) is 6.08 Å².